The Morgan fingerprint density at radius 3 is 1.43 bits per heavy atom. The fourth-order valence-corrected chi connectivity index (χ4v) is 6.62. The van der Waals surface area contributed by atoms with E-state index in [1.165, 1.54) is 27.0 Å². The van der Waals surface area contributed by atoms with E-state index in [2.05, 4.69) is 160 Å². The Bertz CT molecular complexity index is 2220. The summed E-state index contributed by atoms with van der Waals surface area (Å²) in [5.41, 5.74) is 8.99. The van der Waals surface area contributed by atoms with Gasteiger partial charge in [0.2, 0.25) is 6.79 Å². The van der Waals surface area contributed by atoms with Crippen molar-refractivity contribution in [1.82, 2.24) is 15.0 Å². The third kappa shape index (κ3) is 11.7. The van der Waals surface area contributed by atoms with Gasteiger partial charge in [0.15, 0.2) is 23.0 Å². The van der Waals surface area contributed by atoms with E-state index < -0.39 is 0 Å². The van der Waals surface area contributed by atoms with Gasteiger partial charge in [0.05, 0.1) is 26.3 Å². The van der Waals surface area contributed by atoms with Crippen molar-refractivity contribution in [2.24, 2.45) is 0 Å². The first-order valence-corrected chi connectivity index (χ1v) is 19.9. The maximum atomic E-state index is 5.53. The summed E-state index contributed by atoms with van der Waals surface area (Å²) in [6, 6.07) is 25.2. The minimum absolute atomic E-state index is 0. The van der Waals surface area contributed by atoms with E-state index in [1.807, 2.05) is 18.2 Å². The molecule has 2 aliphatic rings. The lowest BCUT2D eigenvalue weighted by Gasteiger charge is -2.23. The van der Waals surface area contributed by atoms with Crippen LogP contribution in [0.1, 0.15) is 118 Å². The highest BCUT2D eigenvalue weighted by atomic mass is 32.1. The number of fused-ring (bicyclic) bond motifs is 4. The van der Waals surface area contributed by atoms with Crippen LogP contribution in [-0.2, 0) is 21.7 Å². The third-order valence-corrected chi connectivity index (χ3v) is 10.3. The van der Waals surface area contributed by atoms with Gasteiger partial charge in [0, 0.05) is 12.4 Å². The second-order valence-electron chi connectivity index (χ2n) is 18.1. The van der Waals surface area contributed by atoms with Crippen LogP contribution in [0, 0.1) is 6.92 Å². The molecular weight excluding hydrogens is 715 g/mol. The smallest absolute Gasteiger partial charge is 0.231 e. The molecule has 0 radical (unpaired) electrons. The number of hydrogen-bond acceptors (Lipinski definition) is 8. The monoisotopic (exact) mass is 777 g/mol. The van der Waals surface area contributed by atoms with Crippen molar-refractivity contribution < 1.29 is 18.9 Å². The molecule has 56 heavy (non-hydrogen) atoms. The zero-order chi connectivity index (χ0) is 40.2. The van der Waals surface area contributed by atoms with Crippen LogP contribution < -0.4 is 18.9 Å². The summed E-state index contributed by atoms with van der Waals surface area (Å²) in [7, 11) is 0. The Kier molecular flexibility index (Phi) is 13.9. The van der Waals surface area contributed by atoms with Crippen molar-refractivity contribution >= 4 is 32.6 Å². The molecule has 0 saturated heterocycles. The van der Waals surface area contributed by atoms with Crippen molar-refractivity contribution in [2.75, 3.05) is 20.0 Å². The molecule has 0 spiro atoms. The summed E-state index contributed by atoms with van der Waals surface area (Å²) >= 11 is 1.76. The van der Waals surface area contributed by atoms with Gasteiger partial charge >= 0.3 is 0 Å². The summed E-state index contributed by atoms with van der Waals surface area (Å²) < 4.78 is 22.8. The van der Waals surface area contributed by atoms with E-state index in [0.717, 1.165) is 44.6 Å². The molecule has 0 saturated carbocycles. The van der Waals surface area contributed by atoms with Crippen molar-refractivity contribution in [3.05, 3.63) is 112 Å². The molecule has 4 aromatic carbocycles. The number of aromatic nitrogens is 3. The summed E-state index contributed by atoms with van der Waals surface area (Å²) in [4.78, 5) is 13.0. The largest absolute Gasteiger partial charge is 0.486 e. The maximum absolute atomic E-state index is 5.53. The molecule has 2 aliphatic heterocycles. The van der Waals surface area contributed by atoms with Crippen molar-refractivity contribution in [1.29, 1.82) is 0 Å². The molecule has 8 rings (SSSR count). The molecular formula is C48H63N3O4S. The minimum atomic E-state index is 0. The van der Waals surface area contributed by atoms with Crippen molar-refractivity contribution in [2.45, 2.75) is 119 Å². The molecule has 4 heterocycles. The van der Waals surface area contributed by atoms with E-state index >= 15 is 0 Å². The average Bonchev–Trinajstić information content (AvgIpc) is 3.75. The molecule has 0 fully saturated rings. The molecule has 0 amide bonds. The maximum Gasteiger partial charge on any atom is 0.231 e. The van der Waals surface area contributed by atoms with Crippen LogP contribution in [0.4, 0.5) is 0 Å². The van der Waals surface area contributed by atoms with Crippen LogP contribution >= 0.6 is 11.3 Å². The third-order valence-electron chi connectivity index (χ3n) is 9.34. The van der Waals surface area contributed by atoms with E-state index in [4.69, 9.17) is 18.9 Å². The molecule has 300 valence electrons. The predicted molar refractivity (Wildman–Crippen MR) is 235 cm³/mol. The second-order valence-corrected chi connectivity index (χ2v) is 19.3. The Balaban J connectivity index is 0.000000165. The number of ether oxygens (including phenoxy) is 4. The number of rotatable bonds is 0. The Morgan fingerprint density at radius 1 is 0.464 bits per heavy atom. The van der Waals surface area contributed by atoms with Gasteiger partial charge in [0.1, 0.15) is 13.2 Å². The number of benzene rings is 4. The molecule has 6 aromatic rings. The van der Waals surface area contributed by atoms with E-state index in [-0.39, 0.29) is 29.1 Å². The topological polar surface area (TPSA) is 75.6 Å². The molecule has 0 bridgehead atoms. The predicted octanol–water partition coefficient (Wildman–Crippen LogP) is 12.9. The Morgan fingerprint density at radius 2 is 0.875 bits per heavy atom. The number of nitrogens with zero attached hydrogens (tertiary/aromatic N) is 3. The minimum Gasteiger partial charge on any atom is -0.486 e. The highest BCUT2D eigenvalue weighted by molar-refractivity contribution is 7.18. The quantitative estimate of drug-likeness (QED) is 0.152. The highest BCUT2D eigenvalue weighted by Crippen LogP contribution is 2.37. The molecule has 2 aromatic heterocycles. The molecule has 0 N–H and O–H groups in total. The standard InChI is InChI=1S/C12H14N2.C12H15NS.C12H16O2.C11H14O2.CH4/c1-12(2,3)9-4-5-10-11(8-9)14-7-6-13-10;1-8-13-10-7-9(12(2,3)4)5-6-11(10)14-8;1-12(2,3)9-4-5-10-11(8-9)14-7-6-13-10;1-11(2,3)8-4-5-9-10(6-8)13-7-12-9;/h4-8H,1-3H3;5-7H,1-4H3;4-5,8H,6-7H2,1-3H3;4-6H,7H2,1-3H3;1H4. The van der Waals surface area contributed by atoms with Gasteiger partial charge in [-0.05, 0) is 99.4 Å². The highest BCUT2D eigenvalue weighted by Gasteiger charge is 2.20. The summed E-state index contributed by atoms with van der Waals surface area (Å²) in [5, 5.41) is 1.14. The van der Waals surface area contributed by atoms with Crippen LogP contribution in [0.3, 0.4) is 0 Å². The van der Waals surface area contributed by atoms with Gasteiger partial charge in [-0.25, -0.2) is 4.98 Å². The first kappa shape index (κ1) is 44.0. The van der Waals surface area contributed by atoms with Crippen LogP contribution in [0.25, 0.3) is 21.3 Å². The fraction of sp³-hybridized carbons (Fsp3) is 0.438. The van der Waals surface area contributed by atoms with Crippen molar-refractivity contribution in [3.8, 4) is 23.0 Å². The first-order valence-electron chi connectivity index (χ1n) is 19.1. The molecule has 7 nitrogen and oxygen atoms in total. The number of thiazole rings is 1. The van der Waals surface area contributed by atoms with Crippen LogP contribution in [0.15, 0.2) is 85.2 Å². The lowest BCUT2D eigenvalue weighted by atomic mass is 9.87. The van der Waals surface area contributed by atoms with E-state index in [9.17, 15) is 0 Å². The Hall–Kier alpha value is -4.69. The van der Waals surface area contributed by atoms with Crippen LogP contribution in [-0.4, -0.2) is 35.0 Å². The van der Waals surface area contributed by atoms with Crippen molar-refractivity contribution in [3.63, 3.8) is 0 Å². The fourth-order valence-electron chi connectivity index (χ4n) is 5.81. The number of hydrogen-bond donors (Lipinski definition) is 0. The molecule has 0 unspecified atom stereocenters. The summed E-state index contributed by atoms with van der Waals surface area (Å²) in [6.45, 7) is 30.1. The normalized spacial score (nSPS) is 13.3. The lowest BCUT2D eigenvalue weighted by molar-refractivity contribution is 0.171. The first-order chi connectivity index (χ1) is 25.7. The summed E-state index contributed by atoms with van der Waals surface area (Å²) in [6.07, 6.45) is 3.45. The van der Waals surface area contributed by atoms with Gasteiger partial charge in [-0.15, -0.1) is 11.3 Å². The summed E-state index contributed by atoms with van der Waals surface area (Å²) in [5.74, 6) is 3.47. The van der Waals surface area contributed by atoms with E-state index in [0.29, 0.717) is 20.0 Å². The van der Waals surface area contributed by atoms with Gasteiger partial charge in [-0.1, -0.05) is 115 Å². The molecule has 0 atom stereocenters. The molecule has 8 heteroatoms. The zero-order valence-electron chi connectivity index (χ0n) is 35.1. The van der Waals surface area contributed by atoms with E-state index in [1.54, 1.807) is 23.7 Å². The lowest BCUT2D eigenvalue weighted by Crippen LogP contribution is -2.17. The molecule has 0 aliphatic carbocycles. The van der Waals surface area contributed by atoms with Crippen LogP contribution in [0.2, 0.25) is 0 Å². The Labute approximate surface area is 339 Å². The SMILES string of the molecule is C.CC(C)(C)c1ccc2c(c1)OCCO2.CC(C)(C)c1ccc2c(c1)OCO2.CC(C)(C)c1ccc2nccnc2c1.Cc1nc2cc(C(C)(C)C)ccc2s1. The second kappa shape index (κ2) is 17.6. The average molecular weight is 778 g/mol. The van der Waals surface area contributed by atoms with Crippen LogP contribution in [0.5, 0.6) is 23.0 Å². The van der Waals surface area contributed by atoms with Gasteiger partial charge in [-0.3, -0.25) is 9.97 Å². The van der Waals surface area contributed by atoms with Gasteiger partial charge in [0.25, 0.3) is 0 Å². The zero-order valence-corrected chi connectivity index (χ0v) is 35.9. The van der Waals surface area contributed by atoms with Gasteiger partial charge < -0.3 is 18.9 Å². The number of aryl methyl sites for hydroxylation is 1. The van der Waals surface area contributed by atoms with Gasteiger partial charge in [-0.2, -0.15) is 0 Å².